The van der Waals surface area contributed by atoms with E-state index >= 15 is 0 Å². The average molecular weight is 454 g/mol. The Morgan fingerprint density at radius 2 is 1.45 bits per heavy atom. The van der Waals surface area contributed by atoms with Crippen LogP contribution < -0.4 is 10.6 Å². The lowest BCUT2D eigenvalue weighted by atomic mass is 10.1. The predicted molar refractivity (Wildman–Crippen MR) is 133 cm³/mol. The summed E-state index contributed by atoms with van der Waals surface area (Å²) < 4.78 is 0. The second-order valence-corrected chi connectivity index (χ2v) is 8.65. The number of anilines is 2. The van der Waals surface area contributed by atoms with E-state index in [-0.39, 0.29) is 6.04 Å². The average Bonchev–Trinajstić information content (AvgIpc) is 2.73. The summed E-state index contributed by atoms with van der Waals surface area (Å²) in [7, 11) is 2.13. The van der Waals surface area contributed by atoms with Gasteiger partial charge < -0.3 is 15.5 Å². The quantitative estimate of drug-likeness (QED) is 0.346. The molecule has 0 aliphatic rings. The van der Waals surface area contributed by atoms with Gasteiger partial charge in [-0.05, 0) is 62.5 Å². The summed E-state index contributed by atoms with van der Waals surface area (Å²) in [6.07, 6.45) is 3.62. The van der Waals surface area contributed by atoms with Crippen LogP contribution in [0.3, 0.4) is 0 Å². The molecule has 0 aliphatic heterocycles. The van der Waals surface area contributed by atoms with Gasteiger partial charge in [-0.15, -0.1) is 0 Å². The van der Waals surface area contributed by atoms with Gasteiger partial charge in [0.25, 0.3) is 0 Å². The number of hydrogen-bond donors (Lipinski definition) is 2. The van der Waals surface area contributed by atoms with Crippen LogP contribution in [0.1, 0.15) is 6.92 Å². The molecule has 0 saturated carbocycles. The molecule has 2 N–H and O–H groups in total. The second kappa shape index (κ2) is 9.69. The Kier molecular flexibility index (Phi) is 6.76. The minimum absolute atomic E-state index is 0.273. The molecule has 160 valence electrons. The molecule has 1 atom stereocenters. The zero-order valence-electron chi connectivity index (χ0n) is 17.6. The summed E-state index contributed by atoms with van der Waals surface area (Å²) in [5.74, 6) is 0. The molecule has 0 amide bonds. The molecule has 4 rings (SSSR count). The maximum atomic E-state index is 6.10. The van der Waals surface area contributed by atoms with Gasteiger partial charge in [-0.25, -0.2) is 0 Å². The molecule has 7 heteroatoms. The Hall–Kier alpha value is -2.60. The Balaban J connectivity index is 1.32. The van der Waals surface area contributed by atoms with E-state index in [9.17, 15) is 0 Å². The van der Waals surface area contributed by atoms with Crippen LogP contribution in [-0.2, 0) is 0 Å². The van der Waals surface area contributed by atoms with Crippen LogP contribution in [0.2, 0.25) is 10.0 Å². The molecule has 4 aromatic rings. The van der Waals surface area contributed by atoms with Crippen molar-refractivity contribution in [2.45, 2.75) is 13.0 Å². The first-order chi connectivity index (χ1) is 15.0. The molecule has 0 aliphatic carbocycles. The molecular weight excluding hydrogens is 429 g/mol. The molecule has 0 radical (unpaired) electrons. The van der Waals surface area contributed by atoms with Crippen molar-refractivity contribution >= 4 is 56.4 Å². The molecule has 2 heterocycles. The highest BCUT2D eigenvalue weighted by Gasteiger charge is 2.10. The first-order valence-electron chi connectivity index (χ1n) is 10.3. The third-order valence-corrected chi connectivity index (χ3v) is 5.68. The summed E-state index contributed by atoms with van der Waals surface area (Å²) in [5, 5.41) is 10.7. The van der Waals surface area contributed by atoms with Crippen LogP contribution in [0.25, 0.3) is 21.8 Å². The maximum Gasteiger partial charge on any atom is 0.0737 e. The first-order valence-corrected chi connectivity index (χ1v) is 11.0. The number of nitrogens with zero attached hydrogens (tertiary/aromatic N) is 3. The fraction of sp³-hybridized carbons (Fsp3) is 0.250. The van der Waals surface area contributed by atoms with Crippen molar-refractivity contribution in [3.05, 3.63) is 71.0 Å². The van der Waals surface area contributed by atoms with E-state index in [2.05, 4.69) is 39.5 Å². The van der Waals surface area contributed by atoms with Gasteiger partial charge >= 0.3 is 0 Å². The summed E-state index contributed by atoms with van der Waals surface area (Å²) >= 11 is 12.2. The van der Waals surface area contributed by atoms with Gasteiger partial charge in [0.1, 0.15) is 0 Å². The molecule has 2 aromatic carbocycles. The highest BCUT2D eigenvalue weighted by atomic mass is 35.5. The van der Waals surface area contributed by atoms with Crippen LogP contribution in [0.4, 0.5) is 11.4 Å². The highest BCUT2D eigenvalue weighted by Crippen LogP contribution is 2.25. The largest absolute Gasteiger partial charge is 0.383 e. The van der Waals surface area contributed by atoms with Crippen molar-refractivity contribution in [2.24, 2.45) is 0 Å². The zero-order valence-corrected chi connectivity index (χ0v) is 19.1. The van der Waals surface area contributed by atoms with Crippen molar-refractivity contribution in [2.75, 3.05) is 37.3 Å². The van der Waals surface area contributed by atoms with Gasteiger partial charge in [0.2, 0.25) is 0 Å². The minimum atomic E-state index is 0.273. The van der Waals surface area contributed by atoms with Crippen LogP contribution in [0.5, 0.6) is 0 Å². The molecule has 5 nitrogen and oxygen atoms in total. The lowest BCUT2D eigenvalue weighted by Gasteiger charge is -2.24. The lowest BCUT2D eigenvalue weighted by Crippen LogP contribution is -2.35. The second-order valence-electron chi connectivity index (χ2n) is 7.77. The van der Waals surface area contributed by atoms with Crippen molar-refractivity contribution < 1.29 is 0 Å². The van der Waals surface area contributed by atoms with E-state index in [1.165, 1.54) is 0 Å². The van der Waals surface area contributed by atoms with Crippen LogP contribution in [0, 0.1) is 0 Å². The third-order valence-electron chi connectivity index (χ3n) is 5.21. The van der Waals surface area contributed by atoms with E-state index in [1.807, 2.05) is 60.9 Å². The molecule has 31 heavy (non-hydrogen) atoms. The van der Waals surface area contributed by atoms with Gasteiger partial charge in [-0.1, -0.05) is 23.2 Å². The highest BCUT2D eigenvalue weighted by molar-refractivity contribution is 6.31. The standard InChI is InChI=1S/C24H25Cl2N5/c1-16(30-22-8-10-28-24-14-18(26)4-6-20(22)24)15-31(2)12-11-29-21-7-9-27-23-13-17(25)3-5-19(21)23/h3-10,13-14,16H,11-12,15H2,1-2H3,(H,27,29)(H,28,30)/t16-/m0/s1. The Labute approximate surface area is 192 Å². The topological polar surface area (TPSA) is 53.1 Å². The SMILES string of the molecule is C[C@@H](CN(C)CCNc1ccnc2cc(Cl)ccc12)Nc1ccnc2cc(Cl)ccc12. The van der Waals surface area contributed by atoms with E-state index in [1.54, 1.807) is 0 Å². The van der Waals surface area contributed by atoms with Gasteiger partial charge in [-0.3, -0.25) is 9.97 Å². The number of aromatic nitrogens is 2. The lowest BCUT2D eigenvalue weighted by molar-refractivity contribution is 0.336. The first kappa shape index (κ1) is 21.6. The number of benzene rings is 2. The number of pyridine rings is 2. The molecule has 0 unspecified atom stereocenters. The fourth-order valence-electron chi connectivity index (χ4n) is 3.77. The van der Waals surface area contributed by atoms with Crippen molar-refractivity contribution in [1.82, 2.24) is 14.9 Å². The van der Waals surface area contributed by atoms with E-state index in [0.29, 0.717) is 10.0 Å². The summed E-state index contributed by atoms with van der Waals surface area (Å²) in [5.41, 5.74) is 3.94. The van der Waals surface area contributed by atoms with Crippen molar-refractivity contribution in [3.8, 4) is 0 Å². The molecular formula is C24H25Cl2N5. The Morgan fingerprint density at radius 3 is 2.10 bits per heavy atom. The summed E-state index contributed by atoms with van der Waals surface area (Å²) in [6.45, 7) is 4.84. The van der Waals surface area contributed by atoms with Crippen LogP contribution >= 0.6 is 23.2 Å². The molecule has 0 saturated heterocycles. The fourth-order valence-corrected chi connectivity index (χ4v) is 4.11. The van der Waals surface area contributed by atoms with E-state index in [4.69, 9.17) is 23.2 Å². The van der Waals surface area contributed by atoms with Gasteiger partial charge in [0, 0.05) is 70.3 Å². The number of rotatable bonds is 8. The zero-order chi connectivity index (χ0) is 21.8. The molecule has 0 bridgehead atoms. The van der Waals surface area contributed by atoms with Gasteiger partial charge in [-0.2, -0.15) is 0 Å². The Bertz CT molecular complexity index is 1200. The van der Waals surface area contributed by atoms with E-state index < -0.39 is 0 Å². The number of likely N-dealkylation sites (N-methyl/N-ethyl adjacent to an activating group) is 1. The van der Waals surface area contributed by atoms with Gasteiger partial charge in [0.15, 0.2) is 0 Å². The van der Waals surface area contributed by atoms with Crippen molar-refractivity contribution in [3.63, 3.8) is 0 Å². The normalized spacial score (nSPS) is 12.4. The smallest absolute Gasteiger partial charge is 0.0737 e. The number of hydrogen-bond acceptors (Lipinski definition) is 5. The minimum Gasteiger partial charge on any atom is -0.383 e. The number of nitrogens with one attached hydrogen (secondary N) is 2. The molecule has 0 spiro atoms. The molecule has 2 aromatic heterocycles. The number of fused-ring (bicyclic) bond motifs is 2. The Morgan fingerprint density at radius 1 is 0.871 bits per heavy atom. The monoisotopic (exact) mass is 453 g/mol. The summed E-state index contributed by atoms with van der Waals surface area (Å²) in [4.78, 5) is 11.1. The van der Waals surface area contributed by atoms with Crippen LogP contribution in [0.15, 0.2) is 60.9 Å². The summed E-state index contributed by atoms with van der Waals surface area (Å²) in [6, 6.07) is 15.9. The maximum absolute atomic E-state index is 6.10. The third kappa shape index (κ3) is 5.37. The van der Waals surface area contributed by atoms with E-state index in [0.717, 1.165) is 52.8 Å². The predicted octanol–water partition coefficient (Wildman–Crippen LogP) is 5.93. The van der Waals surface area contributed by atoms with Crippen molar-refractivity contribution in [1.29, 1.82) is 0 Å². The number of halogens is 2. The van der Waals surface area contributed by atoms with Gasteiger partial charge in [0.05, 0.1) is 11.0 Å². The molecule has 0 fully saturated rings. The van der Waals surface area contributed by atoms with Crippen LogP contribution in [-0.4, -0.2) is 47.6 Å².